The van der Waals surface area contributed by atoms with Crippen molar-refractivity contribution in [1.29, 1.82) is 0 Å². The summed E-state index contributed by atoms with van der Waals surface area (Å²) in [5, 5.41) is 1.50. The lowest BCUT2D eigenvalue weighted by Gasteiger charge is -1.90. The molecule has 0 bridgehead atoms. The van der Waals surface area contributed by atoms with E-state index < -0.39 is 0 Å². The second kappa shape index (κ2) is 3.01. The molecule has 1 aromatic carbocycles. The van der Waals surface area contributed by atoms with Gasteiger partial charge in [-0.15, -0.1) is 8.13 Å². The van der Waals surface area contributed by atoms with E-state index in [0.717, 1.165) is 8.13 Å². The highest BCUT2D eigenvalue weighted by molar-refractivity contribution is 7.73. The zero-order valence-corrected chi connectivity index (χ0v) is 7.89. The average molecular weight is 140 g/mol. The van der Waals surface area contributed by atoms with Crippen molar-refractivity contribution in [2.24, 2.45) is 0 Å². The van der Waals surface area contributed by atoms with E-state index in [4.69, 9.17) is 0 Å². The van der Waals surface area contributed by atoms with Crippen LogP contribution in [0.2, 0.25) is 0 Å². The third-order valence-electron chi connectivity index (χ3n) is 1.06. The molecule has 0 fully saturated rings. The van der Waals surface area contributed by atoms with Gasteiger partial charge in [0.15, 0.2) is 0 Å². The fourth-order valence-corrected chi connectivity index (χ4v) is 2.13. The minimum Gasteiger partial charge on any atom is -0.114 e. The van der Waals surface area contributed by atoms with Crippen LogP contribution in [0.5, 0.6) is 0 Å². The summed E-state index contributed by atoms with van der Waals surface area (Å²) in [7, 11) is 2.37. The summed E-state index contributed by atoms with van der Waals surface area (Å²) >= 11 is 0. The molecule has 0 saturated carbocycles. The van der Waals surface area contributed by atoms with E-state index in [1.54, 1.807) is 0 Å². The molecule has 0 aliphatic heterocycles. The minimum absolute atomic E-state index is 1.07. The van der Waals surface area contributed by atoms with Crippen molar-refractivity contribution in [2.75, 3.05) is 0 Å². The molecule has 0 aliphatic carbocycles. The van der Waals surface area contributed by atoms with Crippen LogP contribution in [0.4, 0.5) is 0 Å². The summed E-state index contributed by atoms with van der Waals surface area (Å²) < 4.78 is 0. The summed E-state index contributed by atoms with van der Waals surface area (Å²) in [4.78, 5) is 0. The Hall–Kier alpha value is -0.133. The molecule has 1 unspecified atom stereocenters. The maximum Gasteiger partial charge on any atom is 0.0346 e. The van der Waals surface area contributed by atoms with Crippen LogP contribution in [0.25, 0.3) is 0 Å². The molecule has 0 spiro atoms. The van der Waals surface area contributed by atoms with Gasteiger partial charge >= 0.3 is 0 Å². The molecular weight excluding hydrogens is 131 g/mol. The Kier molecular flexibility index (Phi) is 2.25. The van der Waals surface area contributed by atoms with Crippen molar-refractivity contribution in [2.45, 2.75) is 0 Å². The van der Waals surface area contributed by atoms with Crippen molar-refractivity contribution >= 4 is 23.3 Å². The van der Waals surface area contributed by atoms with Crippen molar-refractivity contribution < 1.29 is 0 Å². The summed E-state index contributed by atoms with van der Waals surface area (Å²) in [5.41, 5.74) is 0. The fraction of sp³-hybridized carbons (Fsp3) is 0. The van der Waals surface area contributed by atoms with Gasteiger partial charge in [-0.3, -0.25) is 0 Å². The molecule has 1 rings (SSSR count). The number of rotatable bonds is 1. The zero-order valence-electron chi connectivity index (χ0n) is 4.89. The molecule has 0 N–H and O–H groups in total. The van der Waals surface area contributed by atoms with E-state index in [-0.39, 0.29) is 0 Å². The predicted molar refractivity (Wildman–Crippen MR) is 44.3 cm³/mol. The Morgan fingerprint density at radius 1 is 1.12 bits per heavy atom. The molecule has 2 heteroatoms. The topological polar surface area (TPSA) is 0 Å². The Morgan fingerprint density at radius 3 is 2.12 bits per heavy atom. The molecule has 0 amide bonds. The molecule has 0 saturated heterocycles. The van der Waals surface area contributed by atoms with Crippen LogP contribution in [0.1, 0.15) is 0 Å². The maximum atomic E-state index is 2.19. The van der Waals surface area contributed by atoms with Crippen LogP contribution in [0.15, 0.2) is 30.3 Å². The quantitative estimate of drug-likeness (QED) is 0.388. The summed E-state index contributed by atoms with van der Waals surface area (Å²) in [6.07, 6.45) is 0. The monoisotopic (exact) mass is 140 g/mol. The molecule has 1 atom stereocenters. The van der Waals surface area contributed by atoms with Crippen molar-refractivity contribution in [3.05, 3.63) is 30.3 Å². The molecule has 1 aromatic rings. The number of hydrogen-bond donors (Lipinski definition) is 0. The van der Waals surface area contributed by atoms with E-state index in [1.807, 2.05) is 0 Å². The normalized spacial score (nSPS) is 11.0. The smallest absolute Gasteiger partial charge is 0.0346 e. The SMILES string of the molecule is [SiH3]Pc1ccccc1. The van der Waals surface area contributed by atoms with Gasteiger partial charge in [0.1, 0.15) is 0 Å². The first-order chi connectivity index (χ1) is 3.93. The molecule has 0 nitrogen and oxygen atoms in total. The number of hydrogen-bond acceptors (Lipinski definition) is 0. The van der Waals surface area contributed by atoms with Crippen molar-refractivity contribution in [3.8, 4) is 0 Å². The van der Waals surface area contributed by atoms with Crippen LogP contribution in [0.3, 0.4) is 0 Å². The summed E-state index contributed by atoms with van der Waals surface area (Å²) in [6, 6.07) is 10.6. The molecule has 0 aliphatic rings. The van der Waals surface area contributed by atoms with Gasteiger partial charge < -0.3 is 0 Å². The van der Waals surface area contributed by atoms with E-state index in [9.17, 15) is 0 Å². The van der Waals surface area contributed by atoms with Gasteiger partial charge in [-0.2, -0.15) is 0 Å². The van der Waals surface area contributed by atoms with Gasteiger partial charge in [-0.1, -0.05) is 30.3 Å². The van der Waals surface area contributed by atoms with Crippen molar-refractivity contribution in [1.82, 2.24) is 0 Å². The third-order valence-corrected chi connectivity index (χ3v) is 3.71. The molecule has 8 heavy (non-hydrogen) atoms. The standard InChI is InChI=1S/C6H9PSi/c8-7-6-4-2-1-3-5-6/h1-5,7H,8H3. The van der Waals surface area contributed by atoms with Gasteiger partial charge in [0, 0.05) is 9.91 Å². The third kappa shape index (κ3) is 1.43. The lowest BCUT2D eigenvalue weighted by Crippen LogP contribution is -1.88. The summed E-state index contributed by atoms with van der Waals surface area (Å²) in [6.45, 7) is 0. The van der Waals surface area contributed by atoms with Gasteiger partial charge in [-0.25, -0.2) is 0 Å². The lowest BCUT2D eigenvalue weighted by molar-refractivity contribution is 1.78. The highest BCUT2D eigenvalue weighted by atomic mass is 31.3. The Morgan fingerprint density at radius 2 is 1.75 bits per heavy atom. The maximum absolute atomic E-state index is 2.19. The fourth-order valence-electron chi connectivity index (χ4n) is 0.605. The van der Waals surface area contributed by atoms with E-state index >= 15 is 0 Å². The summed E-state index contributed by atoms with van der Waals surface area (Å²) in [5.74, 6) is 0. The van der Waals surface area contributed by atoms with Gasteiger partial charge in [0.05, 0.1) is 0 Å². The van der Waals surface area contributed by atoms with Crippen LogP contribution >= 0.6 is 8.13 Å². The lowest BCUT2D eigenvalue weighted by atomic mass is 10.4. The zero-order chi connectivity index (χ0) is 5.82. The first-order valence-corrected chi connectivity index (χ1v) is 7.16. The first-order valence-electron chi connectivity index (χ1n) is 2.66. The largest absolute Gasteiger partial charge is 0.114 e. The van der Waals surface area contributed by atoms with Crippen LogP contribution in [-0.2, 0) is 0 Å². The van der Waals surface area contributed by atoms with E-state index in [0.29, 0.717) is 0 Å². The molecule has 0 aromatic heterocycles. The van der Waals surface area contributed by atoms with Crippen LogP contribution < -0.4 is 5.30 Å². The second-order valence-corrected chi connectivity index (χ2v) is 4.19. The second-order valence-electron chi connectivity index (χ2n) is 1.62. The van der Waals surface area contributed by atoms with Crippen LogP contribution in [0, 0.1) is 0 Å². The minimum atomic E-state index is 1.07. The van der Waals surface area contributed by atoms with Gasteiger partial charge in [0.25, 0.3) is 0 Å². The first kappa shape index (κ1) is 5.99. The highest BCUT2D eigenvalue weighted by Crippen LogP contribution is 1.99. The van der Waals surface area contributed by atoms with E-state index in [2.05, 4.69) is 30.3 Å². The molecule has 42 valence electrons. The molecule has 0 heterocycles. The Bertz CT molecular complexity index is 150. The van der Waals surface area contributed by atoms with Crippen LogP contribution in [-0.4, -0.2) is 9.91 Å². The predicted octanol–water partition coefficient (Wildman–Crippen LogP) is 0.271. The number of benzene rings is 1. The van der Waals surface area contributed by atoms with E-state index in [1.165, 1.54) is 15.2 Å². The highest BCUT2D eigenvalue weighted by Gasteiger charge is 1.79. The Labute approximate surface area is 54.4 Å². The molecule has 0 radical (unpaired) electrons. The Balaban J connectivity index is 2.83. The van der Waals surface area contributed by atoms with Crippen molar-refractivity contribution in [3.63, 3.8) is 0 Å². The molecular formula is C6H9PSi. The average Bonchev–Trinajstić information content (AvgIpc) is 1.90. The van der Waals surface area contributed by atoms with Gasteiger partial charge in [0.2, 0.25) is 0 Å². The van der Waals surface area contributed by atoms with Gasteiger partial charge in [-0.05, 0) is 5.30 Å².